The third-order valence-corrected chi connectivity index (χ3v) is 6.53. The number of carbonyl (C=O) groups is 1. The number of guanidine groups is 1. The van der Waals surface area contributed by atoms with Crippen molar-refractivity contribution in [1.29, 1.82) is 0 Å². The van der Waals surface area contributed by atoms with Crippen LogP contribution in [0.5, 0.6) is 0 Å². The minimum atomic E-state index is -0.0253. The molecule has 3 N–H and O–H groups in total. The van der Waals surface area contributed by atoms with Crippen molar-refractivity contribution in [2.75, 3.05) is 24.5 Å². The number of amides is 1. The Morgan fingerprint density at radius 3 is 2.71 bits per heavy atom. The number of hydrogen-bond donors (Lipinski definition) is 3. The first kappa shape index (κ1) is 23.1. The number of piperidine rings is 1. The van der Waals surface area contributed by atoms with Gasteiger partial charge in [-0.2, -0.15) is 0 Å². The monoisotopic (exact) mass is 441 g/mol. The van der Waals surface area contributed by atoms with Gasteiger partial charge in [0.25, 0.3) is 5.91 Å². The first-order valence-electron chi connectivity index (χ1n) is 11.3. The average Bonchev–Trinajstić information content (AvgIpc) is 3.33. The van der Waals surface area contributed by atoms with Crippen LogP contribution < -0.4 is 20.9 Å². The fourth-order valence-corrected chi connectivity index (χ4v) is 4.38. The molecule has 3 rings (SSSR count). The van der Waals surface area contributed by atoms with Gasteiger partial charge < -0.3 is 20.9 Å². The fraction of sp³-hybridized carbons (Fsp3) is 0.500. The maximum Gasteiger partial charge on any atom is 0.251 e. The van der Waals surface area contributed by atoms with Gasteiger partial charge in [-0.25, -0.2) is 4.99 Å². The summed E-state index contributed by atoms with van der Waals surface area (Å²) in [5.41, 5.74) is 1.72. The van der Waals surface area contributed by atoms with Gasteiger partial charge in [0.05, 0.1) is 11.5 Å². The van der Waals surface area contributed by atoms with E-state index in [9.17, 15) is 4.79 Å². The summed E-state index contributed by atoms with van der Waals surface area (Å²) >= 11 is 1.81. The fourth-order valence-electron chi connectivity index (χ4n) is 3.60. The molecule has 0 spiro atoms. The number of thiophene rings is 1. The summed E-state index contributed by atoms with van der Waals surface area (Å²) in [6.45, 7) is 9.64. The van der Waals surface area contributed by atoms with Crippen molar-refractivity contribution in [2.45, 2.75) is 58.7 Å². The molecule has 1 atom stereocenters. The van der Waals surface area contributed by atoms with Gasteiger partial charge in [0, 0.05) is 37.3 Å². The van der Waals surface area contributed by atoms with E-state index in [2.05, 4.69) is 52.2 Å². The van der Waals surface area contributed by atoms with E-state index in [1.54, 1.807) is 11.3 Å². The Morgan fingerprint density at radius 1 is 1.23 bits per heavy atom. The zero-order valence-electron chi connectivity index (χ0n) is 18.9. The van der Waals surface area contributed by atoms with Crippen LogP contribution in [0, 0.1) is 0 Å². The predicted molar refractivity (Wildman–Crippen MR) is 131 cm³/mol. The molecule has 6 nitrogen and oxygen atoms in total. The minimum Gasteiger partial charge on any atom is -0.363 e. The van der Waals surface area contributed by atoms with Gasteiger partial charge in [0.15, 0.2) is 5.96 Å². The van der Waals surface area contributed by atoms with Gasteiger partial charge >= 0.3 is 0 Å². The summed E-state index contributed by atoms with van der Waals surface area (Å²) < 4.78 is 0. The Labute approximate surface area is 190 Å². The summed E-state index contributed by atoms with van der Waals surface area (Å²) in [6.07, 6.45) is 3.10. The van der Waals surface area contributed by atoms with Crippen molar-refractivity contribution in [1.82, 2.24) is 16.0 Å². The second-order valence-corrected chi connectivity index (χ2v) is 8.96. The van der Waals surface area contributed by atoms with Gasteiger partial charge in [-0.15, -0.1) is 11.3 Å². The Balaban J connectivity index is 1.56. The largest absolute Gasteiger partial charge is 0.363 e. The molecule has 7 heteroatoms. The topological polar surface area (TPSA) is 68.8 Å². The van der Waals surface area contributed by atoms with Crippen LogP contribution in [0.25, 0.3) is 0 Å². The third kappa shape index (κ3) is 6.99. The Kier molecular flexibility index (Phi) is 8.76. The van der Waals surface area contributed by atoms with E-state index in [1.807, 2.05) is 31.2 Å². The SMILES string of the molecule is CCNC(=NCc1cccc(C(=O)NC(C)CC)c1)NC1CCN(c2cccs2)CC1. The summed E-state index contributed by atoms with van der Waals surface area (Å²) in [5, 5.41) is 13.5. The summed E-state index contributed by atoms with van der Waals surface area (Å²) in [5.74, 6) is 0.814. The Morgan fingerprint density at radius 2 is 2.03 bits per heavy atom. The molecule has 1 aliphatic heterocycles. The molecular weight excluding hydrogens is 406 g/mol. The lowest BCUT2D eigenvalue weighted by Crippen LogP contribution is -2.48. The van der Waals surface area contributed by atoms with Crippen LogP contribution in [0.1, 0.15) is 56.0 Å². The average molecular weight is 442 g/mol. The molecule has 0 bridgehead atoms. The van der Waals surface area contributed by atoms with Crippen molar-refractivity contribution in [2.24, 2.45) is 4.99 Å². The summed E-state index contributed by atoms with van der Waals surface area (Å²) in [7, 11) is 0. The number of nitrogens with zero attached hydrogens (tertiary/aromatic N) is 2. The van der Waals surface area contributed by atoms with Gasteiger partial charge in [0.2, 0.25) is 0 Å². The lowest BCUT2D eigenvalue weighted by atomic mass is 10.1. The number of hydrogen-bond acceptors (Lipinski definition) is 4. The van der Waals surface area contributed by atoms with Gasteiger partial charge in [0.1, 0.15) is 0 Å². The van der Waals surface area contributed by atoms with Crippen LogP contribution in [0.3, 0.4) is 0 Å². The number of aliphatic imine (C=N–C) groups is 1. The zero-order chi connectivity index (χ0) is 22.1. The molecule has 0 radical (unpaired) electrons. The maximum absolute atomic E-state index is 12.4. The van der Waals surface area contributed by atoms with E-state index in [0.29, 0.717) is 18.2 Å². The van der Waals surface area contributed by atoms with Crippen LogP contribution in [0.2, 0.25) is 0 Å². The standard InChI is InChI=1S/C24H35N5OS/c1-4-18(3)27-23(30)20-9-6-8-19(16-20)17-26-24(25-5-2)28-21-11-13-29(14-12-21)22-10-7-15-31-22/h6-10,15-16,18,21H,4-5,11-14,17H2,1-3H3,(H,27,30)(H2,25,26,28). The first-order valence-corrected chi connectivity index (χ1v) is 12.2. The number of rotatable bonds is 8. The lowest BCUT2D eigenvalue weighted by Gasteiger charge is -2.33. The van der Waals surface area contributed by atoms with Gasteiger partial charge in [-0.05, 0) is 68.3 Å². The van der Waals surface area contributed by atoms with Crippen molar-refractivity contribution in [3.05, 3.63) is 52.9 Å². The van der Waals surface area contributed by atoms with Crippen LogP contribution >= 0.6 is 11.3 Å². The predicted octanol–water partition coefficient (Wildman–Crippen LogP) is 4.00. The highest BCUT2D eigenvalue weighted by atomic mass is 32.1. The Bertz CT molecular complexity index is 843. The number of carbonyl (C=O) groups excluding carboxylic acids is 1. The molecule has 168 valence electrons. The second kappa shape index (κ2) is 11.7. The molecule has 2 heterocycles. The normalized spacial score (nSPS) is 16.1. The highest BCUT2D eigenvalue weighted by molar-refractivity contribution is 7.14. The molecule has 1 aromatic heterocycles. The number of benzene rings is 1. The molecule has 2 aromatic rings. The number of anilines is 1. The molecule has 1 amide bonds. The first-order chi connectivity index (χ1) is 15.1. The van der Waals surface area contributed by atoms with Crippen LogP contribution in [-0.2, 0) is 6.54 Å². The van der Waals surface area contributed by atoms with Crippen molar-refractivity contribution >= 4 is 28.2 Å². The summed E-state index contributed by atoms with van der Waals surface area (Å²) in [6, 6.07) is 12.6. The van der Waals surface area contributed by atoms with Crippen molar-refractivity contribution in [3.8, 4) is 0 Å². The number of nitrogens with one attached hydrogen (secondary N) is 3. The molecule has 1 unspecified atom stereocenters. The third-order valence-electron chi connectivity index (χ3n) is 5.60. The van der Waals surface area contributed by atoms with Crippen molar-refractivity contribution < 1.29 is 4.79 Å². The van der Waals surface area contributed by atoms with E-state index in [0.717, 1.165) is 50.4 Å². The molecule has 0 aliphatic carbocycles. The molecule has 31 heavy (non-hydrogen) atoms. The molecule has 1 saturated heterocycles. The van der Waals surface area contributed by atoms with Crippen molar-refractivity contribution in [3.63, 3.8) is 0 Å². The van der Waals surface area contributed by atoms with E-state index in [1.165, 1.54) is 5.00 Å². The highest BCUT2D eigenvalue weighted by Gasteiger charge is 2.20. The van der Waals surface area contributed by atoms with E-state index >= 15 is 0 Å². The van der Waals surface area contributed by atoms with E-state index in [-0.39, 0.29) is 11.9 Å². The molecule has 1 fully saturated rings. The zero-order valence-corrected chi connectivity index (χ0v) is 19.7. The van der Waals surface area contributed by atoms with E-state index in [4.69, 9.17) is 4.99 Å². The summed E-state index contributed by atoms with van der Waals surface area (Å²) in [4.78, 5) is 19.6. The molecular formula is C24H35N5OS. The van der Waals surface area contributed by atoms with Crippen LogP contribution in [0.15, 0.2) is 46.8 Å². The smallest absolute Gasteiger partial charge is 0.251 e. The van der Waals surface area contributed by atoms with E-state index < -0.39 is 0 Å². The van der Waals surface area contributed by atoms with Gasteiger partial charge in [-0.3, -0.25) is 4.79 Å². The maximum atomic E-state index is 12.4. The lowest BCUT2D eigenvalue weighted by molar-refractivity contribution is 0.0939. The minimum absolute atomic E-state index is 0.0253. The quantitative estimate of drug-likeness (QED) is 0.428. The van der Waals surface area contributed by atoms with Gasteiger partial charge in [-0.1, -0.05) is 19.1 Å². The second-order valence-electron chi connectivity index (χ2n) is 8.04. The Hall–Kier alpha value is -2.54. The molecule has 1 aromatic carbocycles. The molecule has 1 aliphatic rings. The van der Waals surface area contributed by atoms with Crippen LogP contribution in [-0.4, -0.2) is 43.6 Å². The highest BCUT2D eigenvalue weighted by Crippen LogP contribution is 2.24. The molecule has 0 saturated carbocycles. The van der Waals surface area contributed by atoms with Crippen LogP contribution in [0.4, 0.5) is 5.00 Å².